The molecule has 0 aliphatic carbocycles. The van der Waals surface area contributed by atoms with E-state index in [4.69, 9.17) is 9.47 Å². The highest BCUT2D eigenvalue weighted by Crippen LogP contribution is 2.21. The lowest BCUT2D eigenvalue weighted by atomic mass is 10.1. The van der Waals surface area contributed by atoms with Gasteiger partial charge >= 0.3 is 18.1 Å². The number of esters is 1. The van der Waals surface area contributed by atoms with E-state index in [1.165, 1.54) is 7.05 Å². The molecule has 8 nitrogen and oxygen atoms in total. The number of imide groups is 2. The first-order valence-electron chi connectivity index (χ1n) is 8.13. The maximum atomic E-state index is 12.5. The molecule has 4 amide bonds. The average molecular weight is 362 g/mol. The molecule has 1 atom stereocenters. The molecule has 1 aromatic carbocycles. The van der Waals surface area contributed by atoms with Gasteiger partial charge in [-0.15, -0.1) is 0 Å². The molecule has 0 spiro atoms. The number of hydrogen-bond acceptors (Lipinski definition) is 6. The molecule has 1 aromatic rings. The van der Waals surface area contributed by atoms with E-state index in [0.717, 1.165) is 10.5 Å². The third-order valence-electron chi connectivity index (χ3n) is 3.63. The minimum absolute atomic E-state index is 0.0312. The normalized spacial score (nSPS) is 17.9. The summed E-state index contributed by atoms with van der Waals surface area (Å²) in [5.74, 6) is -1.41. The first-order chi connectivity index (χ1) is 12.1. The highest BCUT2D eigenvalue weighted by molar-refractivity contribution is 6.07. The fourth-order valence-electron chi connectivity index (χ4n) is 2.33. The van der Waals surface area contributed by atoms with Crippen molar-refractivity contribution in [2.24, 2.45) is 0 Å². The molecule has 26 heavy (non-hydrogen) atoms. The Morgan fingerprint density at radius 1 is 1.15 bits per heavy atom. The third-order valence-corrected chi connectivity index (χ3v) is 3.63. The van der Waals surface area contributed by atoms with Crippen LogP contribution in [0.5, 0.6) is 0 Å². The van der Waals surface area contributed by atoms with Crippen molar-refractivity contribution in [2.75, 3.05) is 7.05 Å². The Labute approximate surface area is 151 Å². The van der Waals surface area contributed by atoms with Gasteiger partial charge in [0.25, 0.3) is 0 Å². The van der Waals surface area contributed by atoms with Crippen LogP contribution in [0, 0.1) is 0 Å². The van der Waals surface area contributed by atoms with Gasteiger partial charge in [0.05, 0.1) is 6.42 Å². The van der Waals surface area contributed by atoms with Gasteiger partial charge in [-0.05, 0) is 26.3 Å². The van der Waals surface area contributed by atoms with E-state index in [2.05, 4.69) is 0 Å². The summed E-state index contributed by atoms with van der Waals surface area (Å²) in [6.07, 6.45) is -1.35. The number of hydrogen-bond donors (Lipinski definition) is 0. The number of rotatable bonds is 3. The third kappa shape index (κ3) is 4.59. The Kier molecular flexibility index (Phi) is 5.64. The van der Waals surface area contributed by atoms with Crippen LogP contribution in [-0.2, 0) is 25.7 Å². The molecule has 8 heteroatoms. The average Bonchev–Trinajstić information content (AvgIpc) is 2.56. The van der Waals surface area contributed by atoms with Crippen LogP contribution in [0.15, 0.2) is 30.3 Å². The topological polar surface area (TPSA) is 93.2 Å². The molecule has 140 valence electrons. The van der Waals surface area contributed by atoms with E-state index in [9.17, 15) is 19.2 Å². The Hall–Kier alpha value is -2.90. The predicted octanol–water partition coefficient (Wildman–Crippen LogP) is 2.32. The Balaban J connectivity index is 2.17. The molecule has 0 N–H and O–H groups in total. The Morgan fingerprint density at radius 2 is 1.77 bits per heavy atom. The highest BCUT2D eigenvalue weighted by Gasteiger charge is 2.46. The van der Waals surface area contributed by atoms with Crippen molar-refractivity contribution >= 4 is 24.0 Å². The van der Waals surface area contributed by atoms with Crippen molar-refractivity contribution in [2.45, 2.75) is 45.4 Å². The zero-order valence-electron chi connectivity index (χ0n) is 15.2. The van der Waals surface area contributed by atoms with Gasteiger partial charge in [-0.3, -0.25) is 9.69 Å². The summed E-state index contributed by atoms with van der Waals surface area (Å²) >= 11 is 0. The number of benzene rings is 1. The monoisotopic (exact) mass is 362 g/mol. The molecule has 1 fully saturated rings. The summed E-state index contributed by atoms with van der Waals surface area (Å²) in [4.78, 5) is 50.6. The molecule has 0 saturated carbocycles. The molecule has 1 unspecified atom stereocenters. The summed E-state index contributed by atoms with van der Waals surface area (Å²) in [6, 6.07) is 6.66. The van der Waals surface area contributed by atoms with Crippen LogP contribution in [0.3, 0.4) is 0 Å². The second-order valence-corrected chi connectivity index (χ2v) is 6.90. The predicted molar refractivity (Wildman–Crippen MR) is 90.9 cm³/mol. The largest absolute Gasteiger partial charge is 0.459 e. The van der Waals surface area contributed by atoms with Gasteiger partial charge in [0.15, 0.2) is 6.04 Å². The van der Waals surface area contributed by atoms with Crippen molar-refractivity contribution in [3.8, 4) is 0 Å². The van der Waals surface area contributed by atoms with Crippen LogP contribution in [0.25, 0.3) is 0 Å². The second kappa shape index (κ2) is 7.55. The number of amides is 4. The number of nitrogens with zero attached hydrogens (tertiary/aromatic N) is 2. The molecule has 2 rings (SSSR count). The number of ether oxygens (including phenoxy) is 2. The van der Waals surface area contributed by atoms with Gasteiger partial charge in [-0.1, -0.05) is 30.3 Å². The minimum Gasteiger partial charge on any atom is -0.459 e. The Morgan fingerprint density at radius 3 is 2.35 bits per heavy atom. The Bertz CT molecular complexity index is 710. The lowest BCUT2D eigenvalue weighted by molar-refractivity contribution is -0.154. The smallest absolute Gasteiger partial charge is 0.419 e. The first kappa shape index (κ1) is 19.4. The molecule has 0 radical (unpaired) electrons. The van der Waals surface area contributed by atoms with Crippen molar-refractivity contribution in [1.29, 1.82) is 0 Å². The van der Waals surface area contributed by atoms with E-state index >= 15 is 0 Å². The number of urea groups is 1. The molecule has 1 heterocycles. The quantitative estimate of drug-likeness (QED) is 0.766. The molecule has 0 aromatic heterocycles. The first-order valence-corrected chi connectivity index (χ1v) is 8.13. The van der Waals surface area contributed by atoms with E-state index in [1.807, 2.05) is 6.07 Å². The van der Waals surface area contributed by atoms with Gasteiger partial charge in [-0.2, -0.15) is 0 Å². The van der Waals surface area contributed by atoms with E-state index in [0.29, 0.717) is 4.90 Å². The zero-order valence-corrected chi connectivity index (χ0v) is 15.2. The minimum atomic E-state index is -1.36. The SMILES string of the molecule is CN1C(=O)CC(C(=O)OCc2ccccc2)N(C(=O)OC(C)(C)C)C1=O. The van der Waals surface area contributed by atoms with Gasteiger partial charge in [0, 0.05) is 7.05 Å². The van der Waals surface area contributed by atoms with E-state index < -0.39 is 35.6 Å². The van der Waals surface area contributed by atoms with Gasteiger partial charge in [-0.25, -0.2) is 19.3 Å². The van der Waals surface area contributed by atoms with Crippen LogP contribution in [-0.4, -0.2) is 52.5 Å². The molecular formula is C18H22N2O6. The summed E-state index contributed by atoms with van der Waals surface area (Å²) in [5, 5.41) is 0. The zero-order chi connectivity index (χ0) is 19.5. The highest BCUT2D eigenvalue weighted by atomic mass is 16.6. The standard InChI is InChI=1S/C18H22N2O6/c1-18(2,3)26-17(24)20-13(10-14(21)19(4)16(20)23)15(22)25-11-12-8-6-5-7-9-12/h5-9,13H,10-11H2,1-4H3. The molecular weight excluding hydrogens is 340 g/mol. The van der Waals surface area contributed by atoms with Crippen molar-refractivity contribution in [3.63, 3.8) is 0 Å². The second-order valence-electron chi connectivity index (χ2n) is 6.90. The van der Waals surface area contributed by atoms with Crippen molar-refractivity contribution in [3.05, 3.63) is 35.9 Å². The number of carbonyl (C=O) groups excluding carboxylic acids is 4. The van der Waals surface area contributed by atoms with Gasteiger partial charge in [0.1, 0.15) is 12.2 Å². The molecule has 1 aliphatic heterocycles. The van der Waals surface area contributed by atoms with Crippen molar-refractivity contribution in [1.82, 2.24) is 9.80 Å². The van der Waals surface area contributed by atoms with E-state index in [1.54, 1.807) is 45.0 Å². The molecule has 0 bridgehead atoms. The van der Waals surface area contributed by atoms with Crippen molar-refractivity contribution < 1.29 is 28.7 Å². The maximum Gasteiger partial charge on any atom is 0.419 e. The summed E-state index contributed by atoms with van der Waals surface area (Å²) in [7, 11) is 1.24. The lowest BCUT2D eigenvalue weighted by Crippen LogP contribution is -2.61. The summed E-state index contributed by atoms with van der Waals surface area (Å²) < 4.78 is 10.4. The van der Waals surface area contributed by atoms with Gasteiger partial charge < -0.3 is 9.47 Å². The molecule has 1 saturated heterocycles. The fourth-order valence-corrected chi connectivity index (χ4v) is 2.33. The van der Waals surface area contributed by atoms with Crippen LogP contribution in [0.4, 0.5) is 9.59 Å². The molecule has 1 aliphatic rings. The van der Waals surface area contributed by atoms with Crippen LogP contribution in [0.2, 0.25) is 0 Å². The fraction of sp³-hybridized carbons (Fsp3) is 0.444. The van der Waals surface area contributed by atoms with E-state index in [-0.39, 0.29) is 13.0 Å². The van der Waals surface area contributed by atoms with Crippen LogP contribution in [0.1, 0.15) is 32.8 Å². The number of carbonyl (C=O) groups is 4. The van der Waals surface area contributed by atoms with Gasteiger partial charge in [0.2, 0.25) is 5.91 Å². The maximum absolute atomic E-state index is 12.5. The summed E-state index contributed by atoms with van der Waals surface area (Å²) in [5.41, 5.74) is -0.120. The van der Waals surface area contributed by atoms with Crippen LogP contribution < -0.4 is 0 Å². The lowest BCUT2D eigenvalue weighted by Gasteiger charge is -2.36. The summed E-state index contributed by atoms with van der Waals surface area (Å²) in [6.45, 7) is 4.88. The van der Waals surface area contributed by atoms with Crippen LogP contribution >= 0.6 is 0 Å².